The van der Waals surface area contributed by atoms with Crippen LogP contribution in [0.2, 0.25) is 5.02 Å². The number of benzene rings is 1. The number of ether oxygens (including phenoxy) is 3. The Morgan fingerprint density at radius 1 is 1.22 bits per heavy atom. The van der Waals surface area contributed by atoms with E-state index in [1.54, 1.807) is 7.05 Å². The number of nitrogens with zero attached hydrogens (tertiary/aromatic N) is 1. The van der Waals surface area contributed by atoms with Gasteiger partial charge < -0.3 is 24.2 Å². The summed E-state index contributed by atoms with van der Waals surface area (Å²) in [6, 6.07) is 3.91. The van der Waals surface area contributed by atoms with Crippen LogP contribution in [0.1, 0.15) is 77.3 Å². The summed E-state index contributed by atoms with van der Waals surface area (Å²) in [5, 5.41) is 14.6. The molecular formula is C34H47ClN2O7S. The molecule has 0 saturated carbocycles. The Labute approximate surface area is 277 Å². The molecule has 11 heteroatoms. The predicted molar refractivity (Wildman–Crippen MR) is 178 cm³/mol. The number of epoxide rings is 1. The average molecular weight is 663 g/mol. The first-order valence-electron chi connectivity index (χ1n) is 15.8. The summed E-state index contributed by atoms with van der Waals surface area (Å²) in [7, 11) is 1.67. The third-order valence-electron chi connectivity index (χ3n) is 9.40. The number of nitrogens with one attached hydrogen (secondary N) is 1. The van der Waals surface area contributed by atoms with Crippen LogP contribution < -0.4 is 10.2 Å². The summed E-state index contributed by atoms with van der Waals surface area (Å²) in [4.78, 5) is 41.0. The normalized spacial score (nSPS) is 34.1. The molecule has 9 nitrogen and oxygen atoms in total. The van der Waals surface area contributed by atoms with Gasteiger partial charge in [0.05, 0.1) is 23.2 Å². The lowest BCUT2D eigenvalue weighted by atomic mass is 9.82. The Kier molecular flexibility index (Phi) is 11.4. The standard InChI is InChI=1S/C34H47ClN2O7S/c1-20-11-10-12-22(3)34(41)19-26(42-32(40)36-34)23(4)31-33(5,44-31)27(43-29(39)13-8-7-9-14-45)18-28(38)37(6)25-17-24(15-20)16-21(2)30(25)35/h10-12,16-17,22-23,26-27,31,41,45H,7-9,13-15,18-19H2,1-6H3,(H,36,40)/b12-10+,20-11+. The molecule has 0 radical (unpaired) electrons. The van der Waals surface area contributed by atoms with E-state index in [-0.39, 0.29) is 31.1 Å². The third-order valence-corrected chi connectivity index (χ3v) is 10.2. The molecule has 7 unspecified atom stereocenters. The van der Waals surface area contributed by atoms with Gasteiger partial charge >= 0.3 is 12.1 Å². The van der Waals surface area contributed by atoms with Crippen molar-refractivity contribution in [2.45, 2.75) is 109 Å². The number of hydrogen-bond donors (Lipinski definition) is 3. The number of amides is 2. The summed E-state index contributed by atoms with van der Waals surface area (Å²) in [6.07, 6.45) is 6.15. The maximum atomic E-state index is 13.8. The van der Waals surface area contributed by atoms with Gasteiger partial charge in [-0.3, -0.25) is 14.9 Å². The van der Waals surface area contributed by atoms with Gasteiger partial charge in [0.15, 0.2) is 0 Å². The Balaban J connectivity index is 1.71. The van der Waals surface area contributed by atoms with Crippen LogP contribution in [0.3, 0.4) is 0 Å². The second-order valence-corrected chi connectivity index (χ2v) is 13.9. The average Bonchev–Trinajstić information content (AvgIpc) is 3.67. The zero-order valence-corrected chi connectivity index (χ0v) is 28.7. The van der Waals surface area contributed by atoms with Gasteiger partial charge in [0, 0.05) is 31.7 Å². The van der Waals surface area contributed by atoms with E-state index in [2.05, 4.69) is 17.9 Å². The second-order valence-electron chi connectivity index (χ2n) is 13.1. The number of alkyl carbamates (subject to hydrolysis) is 1. The molecule has 0 aromatic heterocycles. The van der Waals surface area contributed by atoms with E-state index < -0.39 is 47.6 Å². The molecule has 4 bridgehead atoms. The maximum absolute atomic E-state index is 13.8. The Morgan fingerprint density at radius 2 is 1.96 bits per heavy atom. The van der Waals surface area contributed by atoms with Crippen molar-refractivity contribution in [2.24, 2.45) is 11.8 Å². The van der Waals surface area contributed by atoms with Gasteiger partial charge in [-0.2, -0.15) is 12.6 Å². The number of hydrogen-bond acceptors (Lipinski definition) is 8. The summed E-state index contributed by atoms with van der Waals surface area (Å²) < 4.78 is 17.9. The van der Waals surface area contributed by atoms with E-state index >= 15 is 0 Å². The molecule has 3 heterocycles. The van der Waals surface area contributed by atoms with Crippen LogP contribution in [-0.2, 0) is 30.2 Å². The number of thiol groups is 1. The minimum Gasteiger partial charge on any atom is -0.459 e. The molecule has 2 fully saturated rings. The van der Waals surface area contributed by atoms with E-state index in [1.165, 1.54) is 4.90 Å². The molecule has 3 aliphatic heterocycles. The lowest BCUT2D eigenvalue weighted by molar-refractivity contribution is -0.154. The van der Waals surface area contributed by atoms with E-state index in [4.69, 9.17) is 25.8 Å². The van der Waals surface area contributed by atoms with Gasteiger partial charge in [0.25, 0.3) is 0 Å². The predicted octanol–water partition coefficient (Wildman–Crippen LogP) is 6.08. The van der Waals surface area contributed by atoms with Gasteiger partial charge in [-0.1, -0.05) is 61.7 Å². The fourth-order valence-electron chi connectivity index (χ4n) is 6.32. The molecule has 0 aliphatic carbocycles. The number of esters is 1. The number of carbonyl (C=O) groups excluding carboxylic acids is 3. The Bertz CT molecular complexity index is 1350. The van der Waals surface area contributed by atoms with Crippen molar-refractivity contribution in [1.82, 2.24) is 5.32 Å². The van der Waals surface area contributed by atoms with Crippen LogP contribution in [-0.4, -0.2) is 65.5 Å². The highest BCUT2D eigenvalue weighted by Gasteiger charge is 2.64. The van der Waals surface area contributed by atoms with Crippen LogP contribution in [0.4, 0.5) is 10.5 Å². The highest BCUT2D eigenvalue weighted by Crippen LogP contribution is 2.49. The topological polar surface area (TPSA) is 118 Å². The number of carbonyl (C=O) groups is 3. The van der Waals surface area contributed by atoms with E-state index in [9.17, 15) is 19.5 Å². The highest BCUT2D eigenvalue weighted by molar-refractivity contribution is 7.80. The quantitative estimate of drug-likeness (QED) is 0.146. The first-order chi connectivity index (χ1) is 21.2. The molecule has 0 spiro atoms. The van der Waals surface area contributed by atoms with Crippen molar-refractivity contribution in [2.75, 3.05) is 17.7 Å². The second kappa shape index (κ2) is 14.5. The molecule has 2 saturated heterocycles. The van der Waals surface area contributed by atoms with Gasteiger partial charge in [0.2, 0.25) is 5.91 Å². The number of aryl methyl sites for hydroxylation is 1. The van der Waals surface area contributed by atoms with Gasteiger partial charge in [-0.15, -0.1) is 0 Å². The summed E-state index contributed by atoms with van der Waals surface area (Å²) in [5.74, 6) is -0.739. The van der Waals surface area contributed by atoms with Crippen molar-refractivity contribution >= 4 is 47.9 Å². The molecule has 1 aromatic carbocycles. The lowest BCUT2D eigenvalue weighted by Crippen LogP contribution is -2.60. The number of aliphatic hydroxyl groups is 1. The molecule has 7 atom stereocenters. The number of unbranched alkanes of at least 4 members (excludes halogenated alkanes) is 2. The minimum absolute atomic E-state index is 0.130. The van der Waals surface area contributed by atoms with Crippen LogP contribution in [0, 0.1) is 18.8 Å². The molecule has 2 amide bonds. The first-order valence-corrected chi connectivity index (χ1v) is 16.8. The largest absolute Gasteiger partial charge is 0.459 e. The summed E-state index contributed by atoms with van der Waals surface area (Å²) in [6.45, 7) is 9.45. The smallest absolute Gasteiger partial charge is 0.409 e. The van der Waals surface area contributed by atoms with Crippen molar-refractivity contribution in [3.8, 4) is 0 Å². The van der Waals surface area contributed by atoms with E-state index in [0.717, 1.165) is 35.3 Å². The number of rotatable bonds is 6. The lowest BCUT2D eigenvalue weighted by Gasteiger charge is -2.41. The fourth-order valence-corrected chi connectivity index (χ4v) is 6.78. The van der Waals surface area contributed by atoms with Crippen molar-refractivity contribution in [1.29, 1.82) is 0 Å². The van der Waals surface area contributed by atoms with Crippen molar-refractivity contribution < 1.29 is 33.7 Å². The van der Waals surface area contributed by atoms with Crippen LogP contribution in [0.25, 0.3) is 0 Å². The molecule has 4 rings (SSSR count). The van der Waals surface area contributed by atoms with Gasteiger partial charge in [-0.05, 0) is 63.0 Å². The zero-order valence-electron chi connectivity index (χ0n) is 27.1. The van der Waals surface area contributed by atoms with Crippen LogP contribution in [0.15, 0.2) is 35.9 Å². The Hall–Kier alpha value is -2.53. The monoisotopic (exact) mass is 662 g/mol. The summed E-state index contributed by atoms with van der Waals surface area (Å²) in [5.41, 5.74) is 0.896. The molecule has 3 aliphatic rings. The fraction of sp³-hybridized carbons (Fsp3) is 0.618. The molecule has 248 valence electrons. The van der Waals surface area contributed by atoms with Crippen molar-refractivity contribution in [3.63, 3.8) is 0 Å². The van der Waals surface area contributed by atoms with Crippen LogP contribution >= 0.6 is 24.2 Å². The van der Waals surface area contributed by atoms with E-state index in [1.807, 2.05) is 65.0 Å². The van der Waals surface area contributed by atoms with Gasteiger partial charge in [0.1, 0.15) is 23.5 Å². The zero-order chi connectivity index (χ0) is 33.1. The first kappa shape index (κ1) is 35.3. The minimum atomic E-state index is -1.54. The van der Waals surface area contributed by atoms with Crippen molar-refractivity contribution in [3.05, 3.63) is 52.1 Å². The highest BCUT2D eigenvalue weighted by atomic mass is 35.5. The molecule has 2 N–H and O–H groups in total. The third kappa shape index (κ3) is 8.25. The summed E-state index contributed by atoms with van der Waals surface area (Å²) >= 11 is 11.0. The van der Waals surface area contributed by atoms with E-state index in [0.29, 0.717) is 23.6 Å². The number of allylic oxidation sites excluding steroid dienone is 3. The molecule has 1 aromatic rings. The SMILES string of the molecule is C/C1=C\C=C\C(C)C2(O)CC(OC(=O)N2)C(C)C2OC2(C)C(OC(=O)CCCCCS)CC(=O)N(C)c2cc(cc(C)c2Cl)C1. The van der Waals surface area contributed by atoms with Crippen LogP contribution in [0.5, 0.6) is 0 Å². The van der Waals surface area contributed by atoms with Gasteiger partial charge in [-0.25, -0.2) is 4.79 Å². The maximum Gasteiger partial charge on any atom is 0.409 e. The molecular weight excluding hydrogens is 616 g/mol. The Morgan fingerprint density at radius 3 is 2.67 bits per heavy atom. The number of anilines is 1. The number of fused-ring (bicyclic) bond motifs is 5. The molecule has 45 heavy (non-hydrogen) atoms. The number of halogens is 1.